The van der Waals surface area contributed by atoms with Gasteiger partial charge in [0.15, 0.2) is 0 Å². The minimum absolute atomic E-state index is 0.211. The summed E-state index contributed by atoms with van der Waals surface area (Å²) in [4.78, 5) is 5.03. The van der Waals surface area contributed by atoms with Crippen molar-refractivity contribution in [2.75, 3.05) is 33.2 Å². The van der Waals surface area contributed by atoms with Crippen molar-refractivity contribution in [3.8, 4) is 0 Å². The van der Waals surface area contributed by atoms with Crippen molar-refractivity contribution in [2.45, 2.75) is 24.9 Å². The van der Waals surface area contributed by atoms with E-state index < -0.39 is 0 Å². The molecular formula is C15H23N3. The largest absolute Gasteiger partial charge is 0.329 e. The summed E-state index contributed by atoms with van der Waals surface area (Å²) in [6, 6.07) is 8.84. The molecule has 2 N–H and O–H groups in total. The Balaban J connectivity index is 1.83. The predicted molar refractivity (Wildman–Crippen MR) is 74.5 cm³/mol. The molecule has 0 aromatic heterocycles. The number of fused-ring (bicyclic) bond motifs is 1. The fraction of sp³-hybridized carbons (Fsp3) is 0.600. The molecule has 1 aromatic carbocycles. The van der Waals surface area contributed by atoms with Gasteiger partial charge in [-0.15, -0.1) is 0 Å². The van der Waals surface area contributed by atoms with Crippen LogP contribution >= 0.6 is 0 Å². The maximum absolute atomic E-state index is 6.11. The second-order valence-corrected chi connectivity index (χ2v) is 5.86. The molecule has 0 saturated carbocycles. The summed E-state index contributed by atoms with van der Waals surface area (Å²) in [7, 11) is 2.20. The highest BCUT2D eigenvalue weighted by molar-refractivity contribution is 5.29. The van der Waals surface area contributed by atoms with Gasteiger partial charge in [-0.25, -0.2) is 0 Å². The molecule has 0 bridgehead atoms. The monoisotopic (exact) mass is 245 g/mol. The zero-order valence-electron chi connectivity index (χ0n) is 11.2. The van der Waals surface area contributed by atoms with Crippen LogP contribution in [0.15, 0.2) is 24.3 Å². The summed E-state index contributed by atoms with van der Waals surface area (Å²) in [5.41, 5.74) is 9.34. The first kappa shape index (κ1) is 12.2. The molecule has 2 aliphatic heterocycles. The molecule has 0 amide bonds. The second-order valence-electron chi connectivity index (χ2n) is 5.86. The number of likely N-dealkylation sites (tertiary alicyclic amines) is 1. The molecule has 3 rings (SSSR count). The first-order valence-corrected chi connectivity index (χ1v) is 6.94. The highest BCUT2D eigenvalue weighted by atomic mass is 15.3. The van der Waals surface area contributed by atoms with Gasteiger partial charge >= 0.3 is 0 Å². The van der Waals surface area contributed by atoms with Crippen molar-refractivity contribution in [2.24, 2.45) is 5.73 Å². The van der Waals surface area contributed by atoms with E-state index in [0.717, 1.165) is 26.2 Å². The van der Waals surface area contributed by atoms with Crippen LogP contribution in [0.1, 0.15) is 17.5 Å². The topological polar surface area (TPSA) is 32.5 Å². The molecule has 1 aromatic rings. The lowest BCUT2D eigenvalue weighted by Gasteiger charge is -2.43. The Kier molecular flexibility index (Phi) is 3.14. The van der Waals surface area contributed by atoms with Crippen molar-refractivity contribution in [1.82, 2.24) is 9.80 Å². The molecule has 2 aliphatic rings. The van der Waals surface area contributed by atoms with Crippen LogP contribution in [-0.4, -0.2) is 48.6 Å². The third-order valence-corrected chi connectivity index (χ3v) is 4.70. The Hall–Kier alpha value is -0.900. The Morgan fingerprint density at radius 3 is 2.67 bits per heavy atom. The van der Waals surface area contributed by atoms with Crippen LogP contribution in [0.3, 0.4) is 0 Å². The predicted octanol–water partition coefficient (Wildman–Crippen LogP) is 1.08. The zero-order valence-corrected chi connectivity index (χ0v) is 11.2. The lowest BCUT2D eigenvalue weighted by atomic mass is 9.90. The summed E-state index contributed by atoms with van der Waals surface area (Å²) in [6.45, 7) is 5.30. The van der Waals surface area contributed by atoms with Gasteiger partial charge in [0.1, 0.15) is 0 Å². The van der Waals surface area contributed by atoms with Crippen LogP contribution in [0.25, 0.3) is 0 Å². The SMILES string of the molecule is CN1CCC(CN)(N2CCc3ccccc3C2)C1. The van der Waals surface area contributed by atoms with Gasteiger partial charge in [-0.1, -0.05) is 24.3 Å². The number of rotatable bonds is 2. The van der Waals surface area contributed by atoms with E-state index in [1.165, 1.54) is 30.5 Å². The van der Waals surface area contributed by atoms with Gasteiger partial charge in [0.25, 0.3) is 0 Å². The fourth-order valence-electron chi connectivity index (χ4n) is 3.51. The molecule has 18 heavy (non-hydrogen) atoms. The van der Waals surface area contributed by atoms with Gasteiger partial charge in [-0.3, -0.25) is 4.90 Å². The normalized spacial score (nSPS) is 29.4. The first-order chi connectivity index (χ1) is 8.73. The van der Waals surface area contributed by atoms with Crippen LogP contribution < -0.4 is 5.73 Å². The third-order valence-electron chi connectivity index (χ3n) is 4.70. The lowest BCUT2D eigenvalue weighted by Crippen LogP contribution is -2.56. The Morgan fingerprint density at radius 2 is 2.00 bits per heavy atom. The molecule has 0 radical (unpaired) electrons. The van der Waals surface area contributed by atoms with E-state index in [1.54, 1.807) is 0 Å². The third kappa shape index (κ3) is 1.96. The van der Waals surface area contributed by atoms with Gasteiger partial charge in [0.05, 0.1) is 0 Å². The van der Waals surface area contributed by atoms with Gasteiger partial charge in [-0.2, -0.15) is 0 Å². The fourth-order valence-corrected chi connectivity index (χ4v) is 3.51. The van der Waals surface area contributed by atoms with Crippen LogP contribution in [0.5, 0.6) is 0 Å². The lowest BCUT2D eigenvalue weighted by molar-refractivity contribution is 0.0871. The molecule has 0 spiro atoms. The highest BCUT2D eigenvalue weighted by Crippen LogP contribution is 2.31. The number of nitrogens with two attached hydrogens (primary N) is 1. The van der Waals surface area contributed by atoms with E-state index in [0.29, 0.717) is 0 Å². The van der Waals surface area contributed by atoms with Crippen molar-refractivity contribution in [3.05, 3.63) is 35.4 Å². The highest BCUT2D eigenvalue weighted by Gasteiger charge is 2.41. The van der Waals surface area contributed by atoms with Crippen molar-refractivity contribution >= 4 is 0 Å². The van der Waals surface area contributed by atoms with Crippen molar-refractivity contribution in [3.63, 3.8) is 0 Å². The van der Waals surface area contributed by atoms with E-state index in [4.69, 9.17) is 5.73 Å². The molecule has 1 unspecified atom stereocenters. The van der Waals surface area contributed by atoms with Gasteiger partial charge < -0.3 is 10.6 Å². The number of likely N-dealkylation sites (N-methyl/N-ethyl adjacent to an activating group) is 1. The molecule has 1 saturated heterocycles. The molecule has 1 fully saturated rings. The molecule has 1 atom stereocenters. The van der Waals surface area contributed by atoms with Crippen LogP contribution in [0, 0.1) is 0 Å². The quantitative estimate of drug-likeness (QED) is 0.846. The first-order valence-electron chi connectivity index (χ1n) is 6.94. The minimum Gasteiger partial charge on any atom is -0.329 e. The Labute approximate surface area is 110 Å². The molecule has 2 heterocycles. The summed E-state index contributed by atoms with van der Waals surface area (Å²) in [5, 5.41) is 0. The Bertz CT molecular complexity index is 432. The standard InChI is InChI=1S/C15H23N3/c1-17-9-7-15(11-16,12-17)18-8-6-13-4-2-3-5-14(13)10-18/h2-5H,6-12,16H2,1H3. The molecule has 98 valence electrons. The van der Waals surface area contributed by atoms with Crippen LogP contribution in [-0.2, 0) is 13.0 Å². The Morgan fingerprint density at radius 1 is 1.22 bits per heavy atom. The van der Waals surface area contributed by atoms with Crippen molar-refractivity contribution < 1.29 is 0 Å². The van der Waals surface area contributed by atoms with E-state index in [2.05, 4.69) is 41.1 Å². The van der Waals surface area contributed by atoms with Crippen LogP contribution in [0.4, 0.5) is 0 Å². The second kappa shape index (κ2) is 4.65. The summed E-state index contributed by atoms with van der Waals surface area (Å²) < 4.78 is 0. The summed E-state index contributed by atoms with van der Waals surface area (Å²) in [6.07, 6.45) is 2.38. The summed E-state index contributed by atoms with van der Waals surface area (Å²) in [5.74, 6) is 0. The van der Waals surface area contributed by atoms with E-state index in [1.807, 2.05) is 0 Å². The van der Waals surface area contributed by atoms with E-state index in [-0.39, 0.29) is 5.54 Å². The van der Waals surface area contributed by atoms with Gasteiger partial charge in [0, 0.05) is 31.7 Å². The van der Waals surface area contributed by atoms with Gasteiger partial charge in [0.2, 0.25) is 0 Å². The average molecular weight is 245 g/mol. The number of benzene rings is 1. The number of nitrogens with zero attached hydrogens (tertiary/aromatic N) is 2. The molecular weight excluding hydrogens is 222 g/mol. The summed E-state index contributed by atoms with van der Waals surface area (Å²) >= 11 is 0. The van der Waals surface area contributed by atoms with Crippen LogP contribution in [0.2, 0.25) is 0 Å². The van der Waals surface area contributed by atoms with Crippen molar-refractivity contribution in [1.29, 1.82) is 0 Å². The maximum Gasteiger partial charge on any atom is 0.0474 e. The minimum atomic E-state index is 0.211. The van der Waals surface area contributed by atoms with E-state index in [9.17, 15) is 0 Å². The maximum atomic E-state index is 6.11. The smallest absolute Gasteiger partial charge is 0.0474 e. The molecule has 0 aliphatic carbocycles. The number of hydrogen-bond acceptors (Lipinski definition) is 3. The van der Waals surface area contributed by atoms with E-state index >= 15 is 0 Å². The zero-order chi connectivity index (χ0) is 12.6. The average Bonchev–Trinajstić information content (AvgIpc) is 2.81. The molecule has 3 heteroatoms. The molecule has 3 nitrogen and oxygen atoms in total. The van der Waals surface area contributed by atoms with Gasteiger partial charge in [-0.05, 0) is 37.6 Å². The number of hydrogen-bond donors (Lipinski definition) is 1.